The van der Waals surface area contributed by atoms with Crippen LogP contribution in [0.1, 0.15) is 10.4 Å². The summed E-state index contributed by atoms with van der Waals surface area (Å²) < 4.78 is 31.2. The number of hydrogen-bond acceptors (Lipinski definition) is 3. The van der Waals surface area contributed by atoms with Crippen molar-refractivity contribution in [1.82, 2.24) is 0 Å². The molecule has 0 unspecified atom stereocenters. The molecule has 0 amide bonds. The second-order valence-electron chi connectivity index (χ2n) is 3.63. The van der Waals surface area contributed by atoms with Gasteiger partial charge >= 0.3 is 0 Å². The second kappa shape index (κ2) is 6.32. The van der Waals surface area contributed by atoms with Crippen LogP contribution in [0.2, 0.25) is 0 Å². The van der Waals surface area contributed by atoms with E-state index in [4.69, 9.17) is 10.5 Å². The summed E-state index contributed by atoms with van der Waals surface area (Å²) in [5.41, 5.74) is 6.16. The van der Waals surface area contributed by atoms with Crippen molar-refractivity contribution in [3.8, 4) is 17.6 Å². The molecule has 1 heterocycles. The van der Waals surface area contributed by atoms with E-state index in [1.54, 1.807) is 0 Å². The van der Waals surface area contributed by atoms with Gasteiger partial charge in [-0.25, -0.2) is 8.78 Å². The normalized spacial score (nSPS) is 9.84. The van der Waals surface area contributed by atoms with Crippen molar-refractivity contribution in [3.05, 3.63) is 51.7 Å². The lowest BCUT2D eigenvalue weighted by molar-refractivity contribution is 0.306. The Morgan fingerprint density at radius 2 is 2.05 bits per heavy atom. The molecule has 2 nitrogen and oxygen atoms in total. The van der Waals surface area contributed by atoms with Crippen molar-refractivity contribution in [2.24, 2.45) is 5.73 Å². The molecule has 0 atom stereocenters. The summed E-state index contributed by atoms with van der Waals surface area (Å²) in [7, 11) is 0. The second-order valence-corrected chi connectivity index (χ2v) is 4.63. The molecule has 2 N–H and O–H groups in total. The smallest absolute Gasteiger partial charge is 0.162 e. The molecule has 0 aliphatic rings. The van der Waals surface area contributed by atoms with Gasteiger partial charge in [0.15, 0.2) is 11.6 Å². The third-order valence-electron chi connectivity index (χ3n) is 2.33. The summed E-state index contributed by atoms with van der Waals surface area (Å²) in [6.45, 7) is 0.552. The van der Waals surface area contributed by atoms with Crippen molar-refractivity contribution >= 4 is 11.3 Å². The van der Waals surface area contributed by atoms with Crippen molar-refractivity contribution in [3.63, 3.8) is 0 Å². The van der Waals surface area contributed by atoms with Crippen LogP contribution in [0.15, 0.2) is 29.6 Å². The number of halogens is 2. The Morgan fingerprint density at radius 1 is 1.21 bits per heavy atom. The van der Waals surface area contributed by atoms with Crippen LogP contribution in [0.3, 0.4) is 0 Å². The van der Waals surface area contributed by atoms with E-state index >= 15 is 0 Å². The Kier molecular flexibility index (Phi) is 4.50. The van der Waals surface area contributed by atoms with Gasteiger partial charge in [-0.1, -0.05) is 11.8 Å². The lowest BCUT2D eigenvalue weighted by Crippen LogP contribution is -1.97. The topological polar surface area (TPSA) is 35.2 Å². The van der Waals surface area contributed by atoms with Crippen molar-refractivity contribution in [1.29, 1.82) is 0 Å². The average molecular weight is 279 g/mol. The predicted octanol–water partition coefficient (Wildman–Crippen LogP) is 2.92. The van der Waals surface area contributed by atoms with Crippen LogP contribution in [0, 0.1) is 23.5 Å². The van der Waals surface area contributed by atoms with E-state index in [2.05, 4.69) is 11.8 Å². The van der Waals surface area contributed by atoms with Crippen LogP contribution in [0.5, 0.6) is 5.75 Å². The molecular weight excluding hydrogens is 268 g/mol. The van der Waals surface area contributed by atoms with Gasteiger partial charge in [0.05, 0.1) is 11.4 Å². The molecule has 0 aliphatic carbocycles. The maximum atomic E-state index is 13.0. The molecule has 0 saturated carbocycles. The maximum Gasteiger partial charge on any atom is 0.162 e. The van der Waals surface area contributed by atoms with Gasteiger partial charge in [-0.3, -0.25) is 0 Å². The number of hydrogen-bond donors (Lipinski definition) is 1. The molecule has 0 saturated heterocycles. The molecule has 5 heteroatoms. The van der Waals surface area contributed by atoms with Crippen molar-refractivity contribution < 1.29 is 13.5 Å². The minimum absolute atomic E-state index is 0.261. The SMILES string of the molecule is NCC#Cc1ccsc1COc1ccc(F)c(F)c1. The van der Waals surface area contributed by atoms with Crippen LogP contribution < -0.4 is 10.5 Å². The predicted molar refractivity (Wildman–Crippen MR) is 70.9 cm³/mol. The lowest BCUT2D eigenvalue weighted by atomic mass is 10.2. The standard InChI is InChI=1S/C14H11F2NOS/c15-12-4-3-11(8-13(12)16)18-9-14-10(2-1-6-17)5-7-19-14/h3-5,7-8H,6,9,17H2. The molecule has 2 aromatic rings. The van der Waals surface area contributed by atoms with Gasteiger partial charge in [0, 0.05) is 11.6 Å². The Labute approximate surface area is 113 Å². The van der Waals surface area contributed by atoms with Crippen molar-refractivity contribution in [2.45, 2.75) is 6.61 Å². The maximum absolute atomic E-state index is 13.0. The fraction of sp³-hybridized carbons (Fsp3) is 0.143. The molecule has 0 fully saturated rings. The average Bonchev–Trinajstić information content (AvgIpc) is 2.85. The molecule has 0 spiro atoms. The van der Waals surface area contributed by atoms with Gasteiger partial charge in [-0.2, -0.15) is 0 Å². The number of benzene rings is 1. The summed E-state index contributed by atoms with van der Waals surface area (Å²) in [5, 5.41) is 1.89. The van der Waals surface area contributed by atoms with Gasteiger partial charge in [0.2, 0.25) is 0 Å². The van der Waals surface area contributed by atoms with Crippen LogP contribution in [-0.2, 0) is 6.61 Å². The zero-order valence-corrected chi connectivity index (χ0v) is 10.8. The molecule has 0 aliphatic heterocycles. The molecule has 1 aromatic carbocycles. The lowest BCUT2D eigenvalue weighted by Gasteiger charge is -2.05. The third-order valence-corrected chi connectivity index (χ3v) is 3.23. The highest BCUT2D eigenvalue weighted by molar-refractivity contribution is 7.10. The van der Waals surface area contributed by atoms with Crippen molar-refractivity contribution in [2.75, 3.05) is 6.54 Å². The van der Waals surface area contributed by atoms with E-state index in [0.717, 1.165) is 22.6 Å². The molecule has 0 radical (unpaired) electrons. The molecule has 2 rings (SSSR count). The fourth-order valence-electron chi connectivity index (χ4n) is 1.43. The highest BCUT2D eigenvalue weighted by atomic mass is 32.1. The Morgan fingerprint density at radius 3 is 2.79 bits per heavy atom. The van der Waals surface area contributed by atoms with E-state index in [1.807, 2.05) is 11.4 Å². The number of thiophene rings is 1. The Balaban J connectivity index is 2.06. The van der Waals surface area contributed by atoms with Gasteiger partial charge in [0.1, 0.15) is 12.4 Å². The highest BCUT2D eigenvalue weighted by Gasteiger charge is 2.06. The Hall–Kier alpha value is -1.90. The van der Waals surface area contributed by atoms with Gasteiger partial charge < -0.3 is 10.5 Å². The third kappa shape index (κ3) is 3.53. The quantitative estimate of drug-likeness (QED) is 0.877. The Bertz CT molecular complexity index is 628. The number of rotatable bonds is 3. The summed E-state index contributed by atoms with van der Waals surface area (Å²) in [6.07, 6.45) is 0. The molecule has 0 bridgehead atoms. The molecule has 98 valence electrons. The minimum Gasteiger partial charge on any atom is -0.488 e. The monoisotopic (exact) mass is 279 g/mol. The highest BCUT2D eigenvalue weighted by Crippen LogP contribution is 2.20. The van der Waals surface area contributed by atoms with E-state index in [1.165, 1.54) is 17.4 Å². The molecule has 19 heavy (non-hydrogen) atoms. The first-order valence-electron chi connectivity index (χ1n) is 5.54. The van der Waals surface area contributed by atoms with Crippen LogP contribution in [0.25, 0.3) is 0 Å². The van der Waals surface area contributed by atoms with Crippen LogP contribution in [0.4, 0.5) is 8.78 Å². The van der Waals surface area contributed by atoms with Gasteiger partial charge in [-0.05, 0) is 23.6 Å². The molecule has 1 aromatic heterocycles. The summed E-state index contributed by atoms with van der Waals surface area (Å²) in [4.78, 5) is 0.922. The zero-order valence-electron chi connectivity index (χ0n) is 9.95. The van der Waals surface area contributed by atoms with E-state index in [0.29, 0.717) is 6.54 Å². The first-order valence-corrected chi connectivity index (χ1v) is 6.42. The summed E-state index contributed by atoms with van der Waals surface area (Å²) in [5.74, 6) is 4.16. The van der Waals surface area contributed by atoms with E-state index in [-0.39, 0.29) is 12.4 Å². The fourth-order valence-corrected chi connectivity index (χ4v) is 2.17. The zero-order chi connectivity index (χ0) is 13.7. The molecular formula is C14H11F2NOS. The first-order chi connectivity index (χ1) is 9.20. The first kappa shape index (κ1) is 13.5. The number of ether oxygens (including phenoxy) is 1. The minimum atomic E-state index is -0.924. The van der Waals surface area contributed by atoms with Gasteiger partial charge in [0.25, 0.3) is 0 Å². The largest absolute Gasteiger partial charge is 0.488 e. The van der Waals surface area contributed by atoms with Crippen LogP contribution >= 0.6 is 11.3 Å². The summed E-state index contributed by atoms with van der Waals surface area (Å²) >= 11 is 1.49. The number of nitrogens with two attached hydrogens (primary N) is 1. The van der Waals surface area contributed by atoms with Crippen LogP contribution in [-0.4, -0.2) is 6.54 Å². The summed E-state index contributed by atoms with van der Waals surface area (Å²) in [6, 6.07) is 5.32. The van der Waals surface area contributed by atoms with E-state index < -0.39 is 11.6 Å². The van der Waals surface area contributed by atoms with Gasteiger partial charge in [-0.15, -0.1) is 11.3 Å². The van der Waals surface area contributed by atoms with E-state index in [9.17, 15) is 8.78 Å².